The minimum atomic E-state index is -1.34. The molecule has 2 rings (SSSR count). The first-order valence-electron chi connectivity index (χ1n) is 7.63. The van der Waals surface area contributed by atoms with Gasteiger partial charge in [0.2, 0.25) is 0 Å². The van der Waals surface area contributed by atoms with Gasteiger partial charge in [-0.25, -0.2) is 9.59 Å². The highest BCUT2D eigenvalue weighted by Crippen LogP contribution is 2.32. The summed E-state index contributed by atoms with van der Waals surface area (Å²) in [7, 11) is 0. The number of nitro groups is 1. The molecule has 0 atom stereocenters. The molecule has 1 aromatic rings. The molecule has 1 aliphatic heterocycles. The van der Waals surface area contributed by atoms with Gasteiger partial charge >= 0.3 is 11.9 Å². The molecule has 1 fully saturated rings. The van der Waals surface area contributed by atoms with E-state index < -0.39 is 22.6 Å². The van der Waals surface area contributed by atoms with Crippen molar-refractivity contribution in [1.82, 2.24) is 0 Å². The van der Waals surface area contributed by atoms with Gasteiger partial charge in [-0.05, 0) is 17.0 Å². The molecule has 0 unspecified atom stereocenters. The number of nitrogens with one attached hydrogen (secondary N) is 1. The first-order chi connectivity index (χ1) is 11.4. The van der Waals surface area contributed by atoms with Crippen LogP contribution in [0.3, 0.4) is 0 Å². The van der Waals surface area contributed by atoms with E-state index in [9.17, 15) is 19.7 Å². The summed E-state index contributed by atoms with van der Waals surface area (Å²) >= 11 is 0. The number of carbonyl (C=O) groups excluding carboxylic acids is 2. The molecule has 8 heteroatoms. The Morgan fingerprint density at radius 2 is 1.72 bits per heavy atom. The molecule has 0 spiro atoms. The fraction of sp³-hybridized carbons (Fsp3) is 0.412. The molecule has 1 aromatic carbocycles. The number of ether oxygens (including phenoxy) is 2. The summed E-state index contributed by atoms with van der Waals surface area (Å²) in [6, 6.07) is 4.73. The second-order valence-corrected chi connectivity index (χ2v) is 7.12. The third-order valence-corrected chi connectivity index (χ3v) is 3.55. The Morgan fingerprint density at radius 1 is 1.16 bits per heavy atom. The van der Waals surface area contributed by atoms with Crippen LogP contribution in [0.5, 0.6) is 0 Å². The third-order valence-electron chi connectivity index (χ3n) is 3.55. The lowest BCUT2D eigenvalue weighted by Crippen LogP contribution is -2.42. The average Bonchev–Trinajstić information content (AvgIpc) is 2.43. The molecular formula is C17H20N2O6. The number of benzene rings is 1. The zero-order valence-corrected chi connectivity index (χ0v) is 14.7. The van der Waals surface area contributed by atoms with Gasteiger partial charge < -0.3 is 14.8 Å². The molecule has 0 bridgehead atoms. The summed E-state index contributed by atoms with van der Waals surface area (Å²) in [5, 5.41) is 14.0. The first kappa shape index (κ1) is 18.4. The Balaban J connectivity index is 2.33. The molecular weight excluding hydrogens is 328 g/mol. The van der Waals surface area contributed by atoms with E-state index in [0.29, 0.717) is 0 Å². The van der Waals surface area contributed by atoms with Crippen LogP contribution in [0.2, 0.25) is 0 Å². The third kappa shape index (κ3) is 4.14. The SMILES string of the molecule is CC1(C)OC(=O)C(=CNc2ccc(C(C)(C)C)cc2[N+](=O)[O-])C(=O)O1. The van der Waals surface area contributed by atoms with Crippen LogP contribution in [0.25, 0.3) is 0 Å². The van der Waals surface area contributed by atoms with E-state index in [1.54, 1.807) is 6.07 Å². The standard InChI is InChI=1S/C17H20N2O6/c1-16(2,3)10-6-7-12(13(8-10)19(22)23)18-9-11-14(20)24-17(4,5)25-15(11)21/h6-9,18H,1-5H3. The minimum Gasteiger partial charge on any atom is -0.419 e. The number of anilines is 1. The van der Waals surface area contributed by atoms with Crippen LogP contribution in [0, 0.1) is 10.1 Å². The second-order valence-electron chi connectivity index (χ2n) is 7.12. The number of rotatable bonds is 3. The van der Waals surface area contributed by atoms with E-state index in [2.05, 4.69) is 5.32 Å². The minimum absolute atomic E-state index is 0.149. The smallest absolute Gasteiger partial charge is 0.350 e. The van der Waals surface area contributed by atoms with Crippen molar-refractivity contribution < 1.29 is 24.0 Å². The molecule has 134 valence electrons. The number of hydrogen-bond acceptors (Lipinski definition) is 7. The molecule has 0 aliphatic carbocycles. The lowest BCUT2D eigenvalue weighted by Gasteiger charge is -2.29. The summed E-state index contributed by atoms with van der Waals surface area (Å²) in [4.78, 5) is 34.6. The quantitative estimate of drug-likeness (QED) is 0.294. The Morgan fingerprint density at radius 3 is 2.20 bits per heavy atom. The van der Waals surface area contributed by atoms with Crippen molar-refractivity contribution in [3.8, 4) is 0 Å². The second kappa shape index (κ2) is 6.19. The van der Waals surface area contributed by atoms with Crippen molar-refractivity contribution in [1.29, 1.82) is 0 Å². The predicted octanol–water partition coefficient (Wildman–Crippen LogP) is 3.02. The Labute approximate surface area is 145 Å². The molecule has 0 saturated carbocycles. The molecule has 1 heterocycles. The first-order valence-corrected chi connectivity index (χ1v) is 7.63. The van der Waals surface area contributed by atoms with E-state index >= 15 is 0 Å². The lowest BCUT2D eigenvalue weighted by atomic mass is 9.86. The molecule has 1 aliphatic rings. The zero-order chi connectivity index (χ0) is 19.0. The van der Waals surface area contributed by atoms with Gasteiger partial charge in [-0.1, -0.05) is 26.8 Å². The normalized spacial score (nSPS) is 16.8. The van der Waals surface area contributed by atoms with Crippen molar-refractivity contribution in [2.75, 3.05) is 5.32 Å². The van der Waals surface area contributed by atoms with E-state index in [4.69, 9.17) is 9.47 Å². The summed E-state index contributed by atoms with van der Waals surface area (Å²) < 4.78 is 9.92. The summed E-state index contributed by atoms with van der Waals surface area (Å²) in [5.41, 5.74) is 0.145. The Kier molecular flexibility index (Phi) is 4.57. The van der Waals surface area contributed by atoms with Crippen LogP contribution < -0.4 is 5.32 Å². The molecule has 8 nitrogen and oxygen atoms in total. The van der Waals surface area contributed by atoms with Crippen molar-refractivity contribution in [2.24, 2.45) is 0 Å². The van der Waals surface area contributed by atoms with Crippen LogP contribution in [0.1, 0.15) is 40.2 Å². The van der Waals surface area contributed by atoms with Crippen LogP contribution in [0.4, 0.5) is 11.4 Å². The van der Waals surface area contributed by atoms with Gasteiger partial charge in [0.1, 0.15) is 5.69 Å². The van der Waals surface area contributed by atoms with E-state index in [1.807, 2.05) is 20.8 Å². The summed E-state index contributed by atoms with van der Waals surface area (Å²) in [6.45, 7) is 8.69. The number of hydrogen-bond donors (Lipinski definition) is 1. The van der Waals surface area contributed by atoms with E-state index in [1.165, 1.54) is 26.0 Å². The van der Waals surface area contributed by atoms with Crippen molar-refractivity contribution in [2.45, 2.75) is 45.8 Å². The van der Waals surface area contributed by atoms with Gasteiger partial charge in [-0.2, -0.15) is 0 Å². The fourth-order valence-electron chi connectivity index (χ4n) is 2.20. The molecule has 1 N–H and O–H groups in total. The number of cyclic esters (lactones) is 2. The lowest BCUT2D eigenvalue weighted by molar-refractivity contribution is -0.384. The van der Waals surface area contributed by atoms with E-state index in [0.717, 1.165) is 11.8 Å². The van der Waals surface area contributed by atoms with Gasteiger partial charge in [-0.3, -0.25) is 10.1 Å². The van der Waals surface area contributed by atoms with E-state index in [-0.39, 0.29) is 22.4 Å². The highest BCUT2D eigenvalue weighted by atomic mass is 16.7. The maximum atomic E-state index is 11.9. The summed E-state index contributed by atoms with van der Waals surface area (Å²) in [5.74, 6) is -3.06. The molecule has 0 aromatic heterocycles. The zero-order valence-electron chi connectivity index (χ0n) is 14.7. The van der Waals surface area contributed by atoms with Crippen LogP contribution >= 0.6 is 0 Å². The van der Waals surface area contributed by atoms with Gasteiger partial charge in [-0.15, -0.1) is 0 Å². The van der Waals surface area contributed by atoms with Crippen LogP contribution in [-0.4, -0.2) is 22.6 Å². The van der Waals surface area contributed by atoms with Crippen molar-refractivity contribution >= 4 is 23.3 Å². The molecule has 0 amide bonds. The monoisotopic (exact) mass is 348 g/mol. The van der Waals surface area contributed by atoms with Gasteiger partial charge in [0.25, 0.3) is 11.5 Å². The molecule has 25 heavy (non-hydrogen) atoms. The predicted molar refractivity (Wildman–Crippen MR) is 89.8 cm³/mol. The highest BCUT2D eigenvalue weighted by Gasteiger charge is 2.39. The Hall–Kier alpha value is -2.90. The highest BCUT2D eigenvalue weighted by molar-refractivity contribution is 6.15. The van der Waals surface area contributed by atoms with Crippen molar-refractivity contribution in [3.63, 3.8) is 0 Å². The average molecular weight is 348 g/mol. The topological polar surface area (TPSA) is 108 Å². The Bertz CT molecular complexity index is 752. The fourth-order valence-corrected chi connectivity index (χ4v) is 2.20. The van der Waals surface area contributed by atoms with Crippen LogP contribution in [-0.2, 0) is 24.5 Å². The number of carbonyl (C=O) groups is 2. The maximum Gasteiger partial charge on any atom is 0.350 e. The van der Waals surface area contributed by atoms with Crippen LogP contribution in [0.15, 0.2) is 30.0 Å². The summed E-state index contributed by atoms with van der Waals surface area (Å²) in [6.07, 6.45) is 1.05. The number of nitro benzene ring substituents is 1. The number of nitrogens with zero attached hydrogens (tertiary/aromatic N) is 1. The van der Waals surface area contributed by atoms with Gasteiger partial charge in [0.15, 0.2) is 5.57 Å². The van der Waals surface area contributed by atoms with Gasteiger partial charge in [0, 0.05) is 26.1 Å². The molecule has 1 saturated heterocycles. The van der Waals surface area contributed by atoms with Gasteiger partial charge in [0.05, 0.1) is 4.92 Å². The number of esters is 2. The van der Waals surface area contributed by atoms with Crippen molar-refractivity contribution in [3.05, 3.63) is 45.6 Å². The molecule has 0 radical (unpaired) electrons. The largest absolute Gasteiger partial charge is 0.419 e. The maximum absolute atomic E-state index is 11.9.